The quantitative estimate of drug-likeness (QED) is 0.702. The Morgan fingerprint density at radius 1 is 1.10 bits per heavy atom. The third-order valence-corrected chi connectivity index (χ3v) is 3.86. The first-order valence-electron chi connectivity index (χ1n) is 6.01. The van der Waals surface area contributed by atoms with Gasteiger partial charge in [0.1, 0.15) is 0 Å². The monoisotopic (exact) mass is 347 g/mol. The number of nitrogens with one attached hydrogen (secondary N) is 1. The summed E-state index contributed by atoms with van der Waals surface area (Å²) in [6.45, 7) is 0. The highest BCUT2D eigenvalue weighted by atomic mass is 79.9. The molecule has 2 aromatic carbocycles. The molecule has 5 heteroatoms. The van der Waals surface area contributed by atoms with Crippen molar-refractivity contribution in [3.63, 3.8) is 0 Å². The van der Waals surface area contributed by atoms with Crippen molar-refractivity contribution < 1.29 is 0 Å². The molecule has 100 valence electrons. The Balaban J connectivity index is 2.21. The van der Waals surface area contributed by atoms with Crippen molar-refractivity contribution >= 4 is 33.3 Å². The molecule has 0 aliphatic heterocycles. The number of anilines is 1. The molecule has 0 aliphatic carbocycles. The molecule has 0 saturated carbocycles. The van der Waals surface area contributed by atoms with Crippen molar-refractivity contribution in [2.24, 2.45) is 0 Å². The summed E-state index contributed by atoms with van der Waals surface area (Å²) >= 11 is 9.72. The molecule has 3 nitrogen and oxygen atoms in total. The number of rotatable bonds is 2. The molecule has 1 aromatic heterocycles. The van der Waals surface area contributed by atoms with E-state index in [1.165, 1.54) is 0 Å². The maximum atomic E-state index is 6.31. The molecule has 0 saturated heterocycles. The number of nitrogens with zero attached hydrogens (tertiary/aromatic N) is 1. The summed E-state index contributed by atoms with van der Waals surface area (Å²) in [5.41, 5.74) is 9.57. The number of aromatic nitrogens is 2. The van der Waals surface area contributed by atoms with E-state index in [1.807, 2.05) is 48.5 Å². The second-order valence-corrected chi connectivity index (χ2v) is 5.67. The Morgan fingerprint density at radius 3 is 2.55 bits per heavy atom. The fourth-order valence-corrected chi connectivity index (χ4v) is 2.91. The zero-order valence-corrected chi connectivity index (χ0v) is 12.7. The van der Waals surface area contributed by atoms with Crippen LogP contribution >= 0.6 is 27.5 Å². The van der Waals surface area contributed by atoms with E-state index in [-0.39, 0.29) is 0 Å². The fourth-order valence-electron chi connectivity index (χ4n) is 2.14. The SMILES string of the molecule is Nc1n[nH]c(-c2ccc(Br)cc2Cl)c1-c1ccccc1. The minimum Gasteiger partial charge on any atom is -0.382 e. The van der Waals surface area contributed by atoms with Gasteiger partial charge in [0.05, 0.1) is 16.3 Å². The van der Waals surface area contributed by atoms with Gasteiger partial charge in [0, 0.05) is 10.0 Å². The lowest BCUT2D eigenvalue weighted by molar-refractivity contribution is 1.10. The Kier molecular flexibility index (Phi) is 3.51. The van der Waals surface area contributed by atoms with Gasteiger partial charge in [0.25, 0.3) is 0 Å². The Morgan fingerprint density at radius 2 is 1.85 bits per heavy atom. The summed E-state index contributed by atoms with van der Waals surface area (Å²) in [5, 5.41) is 7.73. The molecule has 0 unspecified atom stereocenters. The predicted molar refractivity (Wildman–Crippen MR) is 86.6 cm³/mol. The van der Waals surface area contributed by atoms with Gasteiger partial charge in [0.2, 0.25) is 0 Å². The van der Waals surface area contributed by atoms with E-state index in [4.69, 9.17) is 17.3 Å². The van der Waals surface area contributed by atoms with Crippen molar-refractivity contribution in [1.29, 1.82) is 0 Å². The summed E-state index contributed by atoms with van der Waals surface area (Å²) < 4.78 is 0.931. The number of benzene rings is 2. The van der Waals surface area contributed by atoms with Gasteiger partial charge in [-0.3, -0.25) is 5.10 Å². The van der Waals surface area contributed by atoms with Crippen LogP contribution in [0.3, 0.4) is 0 Å². The Bertz CT molecular complexity index is 753. The van der Waals surface area contributed by atoms with Gasteiger partial charge in [0.15, 0.2) is 5.82 Å². The normalized spacial score (nSPS) is 10.7. The average Bonchev–Trinajstić information content (AvgIpc) is 2.81. The molecule has 3 aromatic rings. The molecule has 0 spiro atoms. The van der Waals surface area contributed by atoms with Crippen molar-refractivity contribution in [2.45, 2.75) is 0 Å². The molecule has 0 atom stereocenters. The van der Waals surface area contributed by atoms with E-state index < -0.39 is 0 Å². The number of aromatic amines is 1. The highest BCUT2D eigenvalue weighted by Gasteiger charge is 2.16. The average molecular weight is 349 g/mol. The van der Waals surface area contributed by atoms with Gasteiger partial charge < -0.3 is 5.73 Å². The van der Waals surface area contributed by atoms with Crippen molar-refractivity contribution in [1.82, 2.24) is 10.2 Å². The Hall–Kier alpha value is -1.78. The van der Waals surface area contributed by atoms with Gasteiger partial charge in [-0.1, -0.05) is 63.9 Å². The van der Waals surface area contributed by atoms with Crippen LogP contribution < -0.4 is 5.73 Å². The smallest absolute Gasteiger partial charge is 0.153 e. The molecule has 0 radical (unpaired) electrons. The second kappa shape index (κ2) is 5.31. The van der Waals surface area contributed by atoms with Crippen molar-refractivity contribution in [2.75, 3.05) is 5.73 Å². The predicted octanol–water partition coefficient (Wildman–Crippen LogP) is 4.74. The molecular formula is C15H11BrClN3. The lowest BCUT2D eigenvalue weighted by Gasteiger charge is -2.07. The first kappa shape index (κ1) is 13.2. The van der Waals surface area contributed by atoms with Crippen molar-refractivity contribution in [3.8, 4) is 22.4 Å². The first-order valence-corrected chi connectivity index (χ1v) is 7.18. The van der Waals surface area contributed by atoms with Gasteiger partial charge in [-0.15, -0.1) is 0 Å². The number of hydrogen-bond donors (Lipinski definition) is 2. The minimum absolute atomic E-state index is 0.463. The summed E-state index contributed by atoms with van der Waals surface area (Å²) in [7, 11) is 0. The van der Waals surface area contributed by atoms with E-state index in [2.05, 4.69) is 26.1 Å². The maximum Gasteiger partial charge on any atom is 0.153 e. The standard InChI is InChI=1S/C15H11BrClN3/c16-10-6-7-11(12(17)8-10)14-13(15(18)20-19-14)9-4-2-1-3-5-9/h1-8H,(H3,18,19,20). The van der Waals surface area contributed by atoms with Crippen LogP contribution in [0.2, 0.25) is 5.02 Å². The van der Waals surface area contributed by atoms with Gasteiger partial charge in [-0.25, -0.2) is 0 Å². The molecule has 0 aliphatic rings. The summed E-state index contributed by atoms with van der Waals surface area (Å²) in [4.78, 5) is 0. The lowest BCUT2D eigenvalue weighted by Crippen LogP contribution is -1.89. The third kappa shape index (κ3) is 2.32. The van der Waals surface area contributed by atoms with Crippen LogP contribution in [-0.4, -0.2) is 10.2 Å². The number of hydrogen-bond acceptors (Lipinski definition) is 2. The van der Waals surface area contributed by atoms with Gasteiger partial charge >= 0.3 is 0 Å². The largest absolute Gasteiger partial charge is 0.382 e. The van der Waals surface area contributed by atoms with Crippen LogP contribution in [0.4, 0.5) is 5.82 Å². The summed E-state index contributed by atoms with van der Waals surface area (Å²) in [6.07, 6.45) is 0. The van der Waals surface area contributed by atoms with Crippen LogP contribution in [0.1, 0.15) is 0 Å². The van der Waals surface area contributed by atoms with Gasteiger partial charge in [-0.05, 0) is 17.7 Å². The van der Waals surface area contributed by atoms with Crippen LogP contribution in [0.15, 0.2) is 53.0 Å². The van der Waals surface area contributed by atoms with Crippen LogP contribution in [-0.2, 0) is 0 Å². The summed E-state index contributed by atoms with van der Waals surface area (Å²) in [6, 6.07) is 15.6. The maximum absolute atomic E-state index is 6.31. The second-order valence-electron chi connectivity index (χ2n) is 4.35. The lowest BCUT2D eigenvalue weighted by atomic mass is 10.0. The highest BCUT2D eigenvalue weighted by Crippen LogP contribution is 2.38. The number of nitrogen functional groups attached to an aromatic ring is 1. The van der Waals surface area contributed by atoms with Crippen LogP contribution in [0, 0.1) is 0 Å². The van der Waals surface area contributed by atoms with Crippen molar-refractivity contribution in [3.05, 3.63) is 58.0 Å². The molecule has 0 fully saturated rings. The molecule has 3 rings (SSSR count). The van der Waals surface area contributed by atoms with E-state index >= 15 is 0 Å². The summed E-state index contributed by atoms with van der Waals surface area (Å²) in [5.74, 6) is 0.463. The number of halogens is 2. The molecular weight excluding hydrogens is 338 g/mol. The van der Waals surface area contributed by atoms with Gasteiger partial charge in [-0.2, -0.15) is 5.10 Å². The van der Waals surface area contributed by atoms with E-state index in [0.29, 0.717) is 10.8 Å². The number of nitrogens with two attached hydrogens (primary N) is 1. The number of H-pyrrole nitrogens is 1. The molecule has 20 heavy (non-hydrogen) atoms. The van der Waals surface area contributed by atoms with Crippen LogP contribution in [0.5, 0.6) is 0 Å². The molecule has 1 heterocycles. The zero-order chi connectivity index (χ0) is 14.1. The third-order valence-electron chi connectivity index (χ3n) is 3.06. The van der Waals surface area contributed by atoms with Crippen LogP contribution in [0.25, 0.3) is 22.4 Å². The molecule has 3 N–H and O–H groups in total. The van der Waals surface area contributed by atoms with E-state index in [1.54, 1.807) is 0 Å². The highest BCUT2D eigenvalue weighted by molar-refractivity contribution is 9.10. The fraction of sp³-hybridized carbons (Fsp3) is 0. The van der Waals surface area contributed by atoms with E-state index in [0.717, 1.165) is 26.9 Å². The topological polar surface area (TPSA) is 54.7 Å². The first-order chi connectivity index (χ1) is 9.66. The Labute approximate surface area is 129 Å². The molecule has 0 bridgehead atoms. The molecule has 0 amide bonds. The minimum atomic E-state index is 0.463. The zero-order valence-electron chi connectivity index (χ0n) is 10.4. The van der Waals surface area contributed by atoms with E-state index in [9.17, 15) is 0 Å².